The monoisotopic (exact) mass is 432 g/mol. The number of aromatic nitrogens is 1. The van der Waals surface area contributed by atoms with Gasteiger partial charge < -0.3 is 19.3 Å². The van der Waals surface area contributed by atoms with Crippen LogP contribution < -0.4 is 10.1 Å². The molecule has 30 heavy (non-hydrogen) atoms. The fraction of sp³-hybridized carbons (Fsp3) is 0.190. The number of nitrogens with one attached hydrogen (secondary N) is 1. The predicted octanol–water partition coefficient (Wildman–Crippen LogP) is 3.92. The minimum absolute atomic E-state index is 0.0633. The van der Waals surface area contributed by atoms with Crippen LogP contribution in [0.3, 0.4) is 0 Å². The molecule has 0 unspecified atom stereocenters. The average Bonchev–Trinajstić information content (AvgIpc) is 3.11. The Kier molecular flexibility index (Phi) is 6.68. The lowest BCUT2D eigenvalue weighted by Gasteiger charge is -2.08. The molecule has 2 aromatic carbocycles. The van der Waals surface area contributed by atoms with Gasteiger partial charge in [0, 0.05) is 6.54 Å². The van der Waals surface area contributed by atoms with E-state index in [9.17, 15) is 14.0 Å². The van der Waals surface area contributed by atoms with Gasteiger partial charge in [0.1, 0.15) is 28.6 Å². The van der Waals surface area contributed by atoms with Gasteiger partial charge in [-0.2, -0.15) is 0 Å². The first-order chi connectivity index (χ1) is 14.4. The van der Waals surface area contributed by atoms with E-state index < -0.39 is 24.3 Å². The summed E-state index contributed by atoms with van der Waals surface area (Å²) in [6.07, 6.45) is 0. The summed E-state index contributed by atoms with van der Waals surface area (Å²) in [4.78, 5) is 24.6. The molecule has 1 amide bonds. The molecule has 0 radical (unpaired) electrons. The summed E-state index contributed by atoms with van der Waals surface area (Å²) >= 11 is 6.05. The fourth-order valence-corrected chi connectivity index (χ4v) is 3.00. The Labute approximate surface area is 176 Å². The number of nitrogens with zero attached hydrogens (tertiary/aromatic N) is 1. The maximum Gasteiger partial charge on any atom is 0.344 e. The Balaban J connectivity index is 1.65. The standard InChI is InChI=1S/C21H18ClFN2O5/c1-12-18(20(25-30-12)19-15(22)7-4-8-16(19)23)21(27)29-11-17(26)24-10-13-5-3-6-14(9-13)28-2/h3-9H,10-11H2,1-2H3,(H,24,26). The number of esters is 1. The molecule has 0 saturated carbocycles. The van der Waals surface area contributed by atoms with Gasteiger partial charge >= 0.3 is 5.97 Å². The minimum atomic E-state index is -0.875. The highest BCUT2D eigenvalue weighted by Crippen LogP contribution is 2.33. The van der Waals surface area contributed by atoms with E-state index in [-0.39, 0.29) is 34.1 Å². The molecule has 156 valence electrons. The zero-order valence-electron chi connectivity index (χ0n) is 16.2. The number of rotatable bonds is 7. The normalized spacial score (nSPS) is 10.5. The van der Waals surface area contributed by atoms with Gasteiger partial charge in [-0.05, 0) is 36.8 Å². The van der Waals surface area contributed by atoms with Gasteiger partial charge in [0.15, 0.2) is 6.61 Å². The molecular weight excluding hydrogens is 415 g/mol. The number of hydrogen-bond donors (Lipinski definition) is 1. The molecule has 9 heteroatoms. The quantitative estimate of drug-likeness (QED) is 0.569. The molecule has 3 aromatic rings. The van der Waals surface area contributed by atoms with Gasteiger partial charge in [0.25, 0.3) is 5.91 Å². The first kappa shape index (κ1) is 21.3. The third-order valence-electron chi connectivity index (χ3n) is 4.22. The highest BCUT2D eigenvalue weighted by molar-refractivity contribution is 6.33. The van der Waals surface area contributed by atoms with Gasteiger partial charge in [0.2, 0.25) is 0 Å². The zero-order valence-corrected chi connectivity index (χ0v) is 17.0. The van der Waals surface area contributed by atoms with Crippen molar-refractivity contribution in [2.24, 2.45) is 0 Å². The van der Waals surface area contributed by atoms with Crippen molar-refractivity contribution in [3.05, 3.63) is 70.2 Å². The van der Waals surface area contributed by atoms with Crippen LogP contribution in [-0.2, 0) is 16.1 Å². The van der Waals surface area contributed by atoms with E-state index in [1.54, 1.807) is 25.3 Å². The molecule has 0 aliphatic carbocycles. The molecule has 0 spiro atoms. The van der Waals surface area contributed by atoms with Crippen molar-refractivity contribution >= 4 is 23.5 Å². The topological polar surface area (TPSA) is 90.7 Å². The van der Waals surface area contributed by atoms with Gasteiger partial charge in [-0.1, -0.05) is 35.0 Å². The molecule has 1 heterocycles. The summed E-state index contributed by atoms with van der Waals surface area (Å²) in [5.41, 5.74) is 0.561. The highest BCUT2D eigenvalue weighted by atomic mass is 35.5. The smallest absolute Gasteiger partial charge is 0.344 e. The Hall–Kier alpha value is -3.39. The summed E-state index contributed by atoms with van der Waals surface area (Å²) < 4.78 is 29.4. The molecule has 0 saturated heterocycles. The molecule has 0 aliphatic heterocycles. The summed E-state index contributed by atoms with van der Waals surface area (Å²) in [5.74, 6) is -1.27. The zero-order chi connectivity index (χ0) is 21.7. The number of benzene rings is 2. The lowest BCUT2D eigenvalue weighted by molar-refractivity contribution is -0.124. The summed E-state index contributed by atoms with van der Waals surface area (Å²) in [5, 5.41) is 6.44. The van der Waals surface area contributed by atoms with E-state index in [4.69, 9.17) is 25.6 Å². The third kappa shape index (κ3) is 4.77. The molecule has 0 bridgehead atoms. The minimum Gasteiger partial charge on any atom is -0.497 e. The lowest BCUT2D eigenvalue weighted by Crippen LogP contribution is -2.28. The molecule has 1 N–H and O–H groups in total. The van der Waals surface area contributed by atoms with E-state index in [2.05, 4.69) is 10.5 Å². The Bertz CT molecular complexity index is 1060. The van der Waals surface area contributed by atoms with Crippen molar-refractivity contribution in [2.75, 3.05) is 13.7 Å². The van der Waals surface area contributed by atoms with E-state index in [1.807, 2.05) is 6.07 Å². The number of carbonyl (C=O) groups excluding carboxylic acids is 2. The second-order valence-electron chi connectivity index (χ2n) is 6.26. The SMILES string of the molecule is COc1cccc(CNC(=O)COC(=O)c2c(-c3c(F)cccc3Cl)noc2C)c1. The van der Waals surface area contributed by atoms with Crippen molar-refractivity contribution in [2.45, 2.75) is 13.5 Å². The van der Waals surface area contributed by atoms with Crippen LogP contribution in [0.5, 0.6) is 5.75 Å². The van der Waals surface area contributed by atoms with Crippen LogP contribution in [0, 0.1) is 12.7 Å². The second-order valence-corrected chi connectivity index (χ2v) is 6.67. The van der Waals surface area contributed by atoms with Crippen molar-refractivity contribution in [1.82, 2.24) is 10.5 Å². The predicted molar refractivity (Wildman–Crippen MR) is 107 cm³/mol. The van der Waals surface area contributed by atoms with Crippen molar-refractivity contribution in [3.8, 4) is 17.0 Å². The summed E-state index contributed by atoms with van der Waals surface area (Å²) in [6, 6.07) is 11.3. The van der Waals surface area contributed by atoms with E-state index >= 15 is 0 Å². The van der Waals surface area contributed by atoms with Crippen LogP contribution in [0.15, 0.2) is 47.0 Å². The molecule has 3 rings (SSSR count). The highest BCUT2D eigenvalue weighted by Gasteiger charge is 2.27. The maximum atomic E-state index is 14.2. The number of halogens is 2. The van der Waals surface area contributed by atoms with Crippen LogP contribution in [0.2, 0.25) is 5.02 Å². The molecule has 0 atom stereocenters. The van der Waals surface area contributed by atoms with Crippen LogP contribution in [-0.4, -0.2) is 30.7 Å². The maximum absolute atomic E-state index is 14.2. The first-order valence-electron chi connectivity index (χ1n) is 8.88. The van der Waals surface area contributed by atoms with Crippen LogP contribution in [0.1, 0.15) is 21.7 Å². The van der Waals surface area contributed by atoms with Crippen LogP contribution >= 0.6 is 11.6 Å². The van der Waals surface area contributed by atoms with Crippen molar-refractivity contribution in [1.29, 1.82) is 0 Å². The third-order valence-corrected chi connectivity index (χ3v) is 4.54. The van der Waals surface area contributed by atoms with E-state index in [0.717, 1.165) is 5.56 Å². The fourth-order valence-electron chi connectivity index (χ4n) is 2.74. The first-order valence-corrected chi connectivity index (χ1v) is 9.26. The molecular formula is C21H18ClFN2O5. The Morgan fingerprint density at radius 2 is 2.00 bits per heavy atom. The van der Waals surface area contributed by atoms with Crippen LogP contribution in [0.25, 0.3) is 11.3 Å². The molecule has 1 aromatic heterocycles. The number of amides is 1. The molecule has 7 nitrogen and oxygen atoms in total. The Morgan fingerprint density at radius 3 is 2.73 bits per heavy atom. The van der Waals surface area contributed by atoms with E-state index in [1.165, 1.54) is 25.1 Å². The number of ether oxygens (including phenoxy) is 2. The number of carbonyl (C=O) groups is 2. The number of methoxy groups -OCH3 is 1. The van der Waals surface area contributed by atoms with Gasteiger partial charge in [-0.3, -0.25) is 4.79 Å². The Morgan fingerprint density at radius 1 is 1.23 bits per heavy atom. The number of aryl methyl sites for hydroxylation is 1. The van der Waals surface area contributed by atoms with Crippen molar-refractivity contribution < 1.29 is 28.0 Å². The van der Waals surface area contributed by atoms with Gasteiger partial charge in [0.05, 0.1) is 17.7 Å². The number of hydrogen-bond acceptors (Lipinski definition) is 6. The largest absolute Gasteiger partial charge is 0.497 e. The second kappa shape index (κ2) is 9.41. The van der Waals surface area contributed by atoms with Gasteiger partial charge in [-0.25, -0.2) is 9.18 Å². The average molecular weight is 433 g/mol. The summed E-state index contributed by atoms with van der Waals surface area (Å²) in [7, 11) is 1.55. The molecule has 0 aliphatic rings. The van der Waals surface area contributed by atoms with Crippen LogP contribution in [0.4, 0.5) is 4.39 Å². The van der Waals surface area contributed by atoms with Crippen molar-refractivity contribution in [3.63, 3.8) is 0 Å². The lowest BCUT2D eigenvalue weighted by atomic mass is 10.1. The summed E-state index contributed by atoms with van der Waals surface area (Å²) in [6.45, 7) is 1.18. The molecule has 0 fully saturated rings. The van der Waals surface area contributed by atoms with Gasteiger partial charge in [-0.15, -0.1) is 0 Å². The van der Waals surface area contributed by atoms with E-state index in [0.29, 0.717) is 5.75 Å².